The normalized spacial score (nSPS) is 10.6. The van der Waals surface area contributed by atoms with Gasteiger partial charge >= 0.3 is 5.97 Å². The molecular formula is C18H15BrFNO3. The van der Waals surface area contributed by atoms with E-state index < -0.39 is 17.7 Å². The Morgan fingerprint density at radius 1 is 1.17 bits per heavy atom. The van der Waals surface area contributed by atoms with Crippen LogP contribution in [0, 0.1) is 5.82 Å². The van der Waals surface area contributed by atoms with Crippen molar-refractivity contribution in [2.45, 2.75) is 6.61 Å². The van der Waals surface area contributed by atoms with Gasteiger partial charge in [0.1, 0.15) is 19.0 Å². The Morgan fingerprint density at radius 3 is 2.67 bits per heavy atom. The minimum Gasteiger partial charge on any atom is -0.460 e. The van der Waals surface area contributed by atoms with Gasteiger partial charge in [0.15, 0.2) is 0 Å². The monoisotopic (exact) mass is 391 g/mol. The lowest BCUT2D eigenvalue weighted by atomic mass is 10.2. The summed E-state index contributed by atoms with van der Waals surface area (Å²) < 4.78 is 19.3. The second-order valence-electron chi connectivity index (χ2n) is 4.86. The molecule has 0 bridgehead atoms. The van der Waals surface area contributed by atoms with E-state index in [1.807, 2.05) is 30.3 Å². The minimum absolute atomic E-state index is 0.147. The smallest absolute Gasteiger partial charge is 0.325 e. The summed E-state index contributed by atoms with van der Waals surface area (Å²) in [6, 6.07) is 13.6. The van der Waals surface area contributed by atoms with E-state index >= 15 is 0 Å². The van der Waals surface area contributed by atoms with Crippen LogP contribution >= 0.6 is 15.9 Å². The van der Waals surface area contributed by atoms with Crippen molar-refractivity contribution in [1.29, 1.82) is 0 Å². The topological polar surface area (TPSA) is 55.4 Å². The summed E-state index contributed by atoms with van der Waals surface area (Å²) in [5.74, 6) is -1.50. The first-order chi connectivity index (χ1) is 11.5. The van der Waals surface area contributed by atoms with Crippen molar-refractivity contribution in [2.24, 2.45) is 0 Å². The van der Waals surface area contributed by atoms with Gasteiger partial charge in [-0.25, -0.2) is 4.39 Å². The van der Waals surface area contributed by atoms with E-state index in [1.165, 1.54) is 12.1 Å². The quantitative estimate of drug-likeness (QED) is 0.605. The second kappa shape index (κ2) is 8.98. The molecule has 2 aromatic rings. The molecule has 0 atom stereocenters. The molecule has 0 aromatic heterocycles. The highest BCUT2D eigenvalue weighted by molar-refractivity contribution is 9.10. The molecule has 0 aliphatic rings. The Labute approximate surface area is 147 Å². The number of nitrogens with one attached hydrogen (secondary N) is 1. The van der Waals surface area contributed by atoms with Crippen molar-refractivity contribution >= 4 is 33.9 Å². The van der Waals surface area contributed by atoms with E-state index in [4.69, 9.17) is 4.74 Å². The highest BCUT2D eigenvalue weighted by Crippen LogP contribution is 2.16. The highest BCUT2D eigenvalue weighted by Gasteiger charge is 2.05. The number of amides is 1. The number of hydrogen-bond donors (Lipinski definition) is 1. The molecule has 24 heavy (non-hydrogen) atoms. The Bertz CT molecular complexity index is 747. The van der Waals surface area contributed by atoms with E-state index in [-0.39, 0.29) is 18.7 Å². The van der Waals surface area contributed by atoms with E-state index in [0.717, 1.165) is 11.6 Å². The highest BCUT2D eigenvalue weighted by atomic mass is 79.9. The fraction of sp³-hybridized carbons (Fsp3) is 0.111. The Hall–Kier alpha value is -2.47. The van der Waals surface area contributed by atoms with E-state index in [0.29, 0.717) is 4.47 Å². The molecule has 0 aliphatic heterocycles. The first kappa shape index (κ1) is 17.9. The van der Waals surface area contributed by atoms with Gasteiger partial charge in [0.25, 0.3) is 0 Å². The van der Waals surface area contributed by atoms with Gasteiger partial charge in [0.2, 0.25) is 5.91 Å². The molecule has 1 amide bonds. The van der Waals surface area contributed by atoms with Crippen LogP contribution < -0.4 is 5.32 Å². The van der Waals surface area contributed by atoms with Crippen molar-refractivity contribution in [2.75, 3.05) is 6.54 Å². The molecule has 1 N–H and O–H groups in total. The predicted octanol–water partition coefficient (Wildman–Crippen LogP) is 3.46. The molecule has 0 saturated heterocycles. The SMILES string of the molecule is O=C(/C=C/c1cc(Br)ccc1F)NCC(=O)OCc1ccccc1. The van der Waals surface area contributed by atoms with E-state index in [2.05, 4.69) is 21.2 Å². The van der Waals surface area contributed by atoms with Crippen molar-refractivity contribution < 1.29 is 18.7 Å². The third-order valence-corrected chi connectivity index (χ3v) is 3.52. The van der Waals surface area contributed by atoms with Crippen LogP contribution in [0.1, 0.15) is 11.1 Å². The van der Waals surface area contributed by atoms with E-state index in [1.54, 1.807) is 12.1 Å². The number of carbonyl (C=O) groups is 2. The largest absolute Gasteiger partial charge is 0.460 e. The molecule has 0 saturated carbocycles. The summed E-state index contributed by atoms with van der Waals surface area (Å²) in [4.78, 5) is 23.2. The lowest BCUT2D eigenvalue weighted by Gasteiger charge is -2.05. The van der Waals surface area contributed by atoms with Gasteiger partial charge in [-0.15, -0.1) is 0 Å². The summed E-state index contributed by atoms with van der Waals surface area (Å²) in [6.07, 6.45) is 2.50. The molecule has 124 valence electrons. The van der Waals surface area contributed by atoms with Gasteiger partial charge in [-0.3, -0.25) is 9.59 Å². The van der Waals surface area contributed by atoms with Gasteiger partial charge in [-0.2, -0.15) is 0 Å². The Balaban J connectivity index is 1.77. The van der Waals surface area contributed by atoms with E-state index in [9.17, 15) is 14.0 Å². The zero-order valence-corrected chi connectivity index (χ0v) is 14.3. The summed E-state index contributed by atoms with van der Waals surface area (Å²) in [6.45, 7) is -0.106. The van der Waals surface area contributed by atoms with Gasteiger partial charge < -0.3 is 10.1 Å². The molecule has 0 heterocycles. The molecule has 0 unspecified atom stereocenters. The molecule has 4 nitrogen and oxygen atoms in total. The summed E-state index contributed by atoms with van der Waals surface area (Å²) in [5, 5.41) is 2.39. The maximum absolute atomic E-state index is 13.5. The first-order valence-electron chi connectivity index (χ1n) is 7.15. The number of esters is 1. The van der Waals surface area contributed by atoms with Crippen molar-refractivity contribution in [1.82, 2.24) is 5.32 Å². The van der Waals surface area contributed by atoms with Gasteiger partial charge in [-0.05, 0) is 29.8 Å². The standard InChI is InChI=1S/C18H15BrFNO3/c19-15-7-8-16(20)14(10-15)6-9-17(22)21-11-18(23)24-12-13-4-2-1-3-5-13/h1-10H,11-12H2,(H,21,22)/b9-6+. The fourth-order valence-corrected chi connectivity index (χ4v) is 2.19. The summed E-state index contributed by atoms with van der Waals surface area (Å²) >= 11 is 3.23. The van der Waals surface area contributed by atoms with Crippen LogP contribution in [0.15, 0.2) is 59.1 Å². The summed E-state index contributed by atoms with van der Waals surface area (Å²) in [5.41, 5.74) is 1.13. The molecule has 0 aliphatic carbocycles. The van der Waals surface area contributed by atoms with Crippen LogP contribution in [0.25, 0.3) is 6.08 Å². The minimum atomic E-state index is -0.547. The summed E-state index contributed by atoms with van der Waals surface area (Å²) in [7, 11) is 0. The maximum Gasteiger partial charge on any atom is 0.325 e. The number of ether oxygens (including phenoxy) is 1. The fourth-order valence-electron chi connectivity index (χ4n) is 1.82. The van der Waals surface area contributed by atoms with Crippen LogP contribution in [0.2, 0.25) is 0 Å². The molecule has 0 fully saturated rings. The average Bonchev–Trinajstić information content (AvgIpc) is 2.59. The Morgan fingerprint density at radius 2 is 1.92 bits per heavy atom. The van der Waals surface area contributed by atoms with Crippen LogP contribution in [0.5, 0.6) is 0 Å². The number of hydrogen-bond acceptors (Lipinski definition) is 3. The molecule has 2 aromatic carbocycles. The molecule has 0 radical (unpaired) electrons. The molecule has 6 heteroatoms. The van der Waals surface area contributed by atoms with Crippen LogP contribution in [-0.4, -0.2) is 18.4 Å². The average molecular weight is 392 g/mol. The van der Waals surface area contributed by atoms with Crippen LogP contribution in [-0.2, 0) is 20.9 Å². The van der Waals surface area contributed by atoms with Crippen LogP contribution in [0.4, 0.5) is 4.39 Å². The lowest BCUT2D eigenvalue weighted by molar-refractivity contribution is -0.144. The molecule has 2 rings (SSSR count). The van der Waals surface area contributed by atoms with Crippen molar-refractivity contribution in [3.05, 3.63) is 76.0 Å². The Kier molecular flexibility index (Phi) is 6.69. The molecule has 0 spiro atoms. The third-order valence-electron chi connectivity index (χ3n) is 3.02. The number of halogens is 2. The zero-order chi connectivity index (χ0) is 17.4. The third kappa shape index (κ3) is 5.96. The molecular weight excluding hydrogens is 377 g/mol. The zero-order valence-electron chi connectivity index (χ0n) is 12.7. The van der Waals surface area contributed by atoms with Crippen molar-refractivity contribution in [3.8, 4) is 0 Å². The predicted molar refractivity (Wildman–Crippen MR) is 92.4 cm³/mol. The number of rotatable bonds is 6. The maximum atomic E-state index is 13.5. The van der Waals surface area contributed by atoms with Crippen molar-refractivity contribution in [3.63, 3.8) is 0 Å². The lowest BCUT2D eigenvalue weighted by Crippen LogP contribution is -2.29. The second-order valence-corrected chi connectivity index (χ2v) is 5.78. The number of benzene rings is 2. The van der Waals surface area contributed by atoms with Gasteiger partial charge in [0.05, 0.1) is 0 Å². The number of carbonyl (C=O) groups excluding carboxylic acids is 2. The van der Waals surface area contributed by atoms with Gasteiger partial charge in [-0.1, -0.05) is 46.3 Å². The van der Waals surface area contributed by atoms with Gasteiger partial charge in [0, 0.05) is 16.1 Å². The van der Waals surface area contributed by atoms with Crippen LogP contribution in [0.3, 0.4) is 0 Å². The first-order valence-corrected chi connectivity index (χ1v) is 7.94.